The molecule has 0 aromatic carbocycles. The van der Waals surface area contributed by atoms with E-state index in [4.69, 9.17) is 18.9 Å². The molecule has 0 aromatic rings. The van der Waals surface area contributed by atoms with Crippen molar-refractivity contribution in [3.8, 4) is 0 Å². The lowest BCUT2D eigenvalue weighted by Gasteiger charge is -2.46. The van der Waals surface area contributed by atoms with E-state index in [1.807, 2.05) is 6.08 Å². The highest BCUT2D eigenvalue weighted by Gasteiger charge is 2.51. The third-order valence-corrected chi connectivity index (χ3v) is 19.5. The SMILES string of the molecule is CC/C=C\C/C=C\C/C=C\C/C=C\CCCCCCCCCCCCCCCCCCCCCCC(=O)NC(COC1OC(CO)C(OC2OC(CO)C(O)C(O)C2O)C(O)C1O)C(O)/C=C/CC/C=C/CC/C=C/CCCCCCCCCCCCCCCCCCCCCCC. The highest BCUT2D eigenvalue weighted by molar-refractivity contribution is 5.76. The van der Waals surface area contributed by atoms with E-state index in [1.165, 1.54) is 244 Å². The van der Waals surface area contributed by atoms with Crippen molar-refractivity contribution in [3.05, 3.63) is 85.1 Å². The predicted octanol–water partition coefficient (Wildman–Crippen LogP) is 18.7. The summed E-state index contributed by atoms with van der Waals surface area (Å²) in [4.78, 5) is 13.4. The van der Waals surface area contributed by atoms with Gasteiger partial charge in [0.1, 0.15) is 48.8 Å². The normalized spacial score (nSPS) is 22.5. The summed E-state index contributed by atoms with van der Waals surface area (Å²) in [5, 5.41) is 87.7. The Morgan fingerprint density at radius 1 is 0.378 bits per heavy atom. The molecule has 0 spiro atoms. The van der Waals surface area contributed by atoms with Crippen LogP contribution in [0.4, 0.5) is 0 Å². The van der Waals surface area contributed by atoms with E-state index in [2.05, 4.69) is 92.1 Å². The van der Waals surface area contributed by atoms with Gasteiger partial charge in [-0.3, -0.25) is 4.79 Å². The molecule has 2 aliphatic rings. The van der Waals surface area contributed by atoms with Gasteiger partial charge in [0.15, 0.2) is 12.6 Å². The van der Waals surface area contributed by atoms with Crippen LogP contribution in [-0.4, -0.2) is 140 Å². The topological polar surface area (TPSA) is 228 Å². The van der Waals surface area contributed by atoms with Crippen LogP contribution >= 0.6 is 0 Å². The molecule has 98 heavy (non-hydrogen) atoms. The lowest BCUT2D eigenvalue weighted by atomic mass is 9.97. The molecule has 12 atom stereocenters. The first kappa shape index (κ1) is 91.3. The van der Waals surface area contributed by atoms with Crippen LogP contribution in [0.15, 0.2) is 85.1 Å². The van der Waals surface area contributed by atoms with Gasteiger partial charge in [-0.15, -0.1) is 0 Å². The molecule has 2 rings (SSSR count). The number of allylic oxidation sites excluding steroid dienone is 13. The van der Waals surface area contributed by atoms with Gasteiger partial charge in [0.25, 0.3) is 0 Å². The number of amides is 1. The molecule has 0 aromatic heterocycles. The number of nitrogens with one attached hydrogen (secondary N) is 1. The van der Waals surface area contributed by atoms with Gasteiger partial charge in [-0.25, -0.2) is 0 Å². The Labute approximate surface area is 599 Å². The summed E-state index contributed by atoms with van der Waals surface area (Å²) in [6, 6.07) is -0.943. The van der Waals surface area contributed by atoms with Crippen LogP contribution in [0.3, 0.4) is 0 Å². The minimum atomic E-state index is -1.80. The van der Waals surface area contributed by atoms with Crippen molar-refractivity contribution >= 4 is 5.91 Å². The van der Waals surface area contributed by atoms with Crippen LogP contribution in [0, 0.1) is 0 Å². The van der Waals surface area contributed by atoms with E-state index in [0.717, 1.165) is 70.6 Å². The number of rotatable bonds is 68. The molecule has 1 amide bonds. The number of aliphatic hydroxyl groups excluding tert-OH is 8. The highest BCUT2D eigenvalue weighted by atomic mass is 16.7. The van der Waals surface area contributed by atoms with Gasteiger partial charge >= 0.3 is 0 Å². The molecule has 0 aliphatic carbocycles. The standard InChI is InChI=1S/C84H151NO13/c1-3-5-7-9-11-13-15-17-19-21-23-25-27-29-31-33-35-36-38-40-42-44-46-48-50-52-54-56-58-60-62-64-66-68-76(89)85-72(71-95-83-81(94)79(92)82(75(70-87)97-83)98-84-80(93)78(91)77(90)74(69-86)96-84)73(88)67-65-63-61-59-57-55-53-51-49-47-45-43-41-39-37-34-32-30-28-26-24-22-20-18-16-14-12-10-8-6-4-2/h5,7,11,13,17,19,23,25,49,51,57,59,65,67,72-75,77-84,86-88,90-94H,3-4,6,8-10,12,14-16,18,20-22,24,26-48,50,52-56,58,60-64,66,68-71H2,1-2H3,(H,85,89)/b7-5-,13-11-,19-17-,25-23-,51-49+,59-57+,67-65+. The molecule has 2 heterocycles. The number of carbonyl (C=O) groups excluding carboxylic acids is 1. The van der Waals surface area contributed by atoms with Crippen LogP contribution in [0.1, 0.15) is 348 Å². The Morgan fingerprint density at radius 2 is 0.714 bits per heavy atom. The van der Waals surface area contributed by atoms with Gasteiger partial charge < -0.3 is 65.1 Å². The van der Waals surface area contributed by atoms with Crippen LogP contribution in [-0.2, 0) is 23.7 Å². The van der Waals surface area contributed by atoms with Gasteiger partial charge in [0.05, 0.1) is 32.0 Å². The van der Waals surface area contributed by atoms with Gasteiger partial charge in [-0.2, -0.15) is 0 Å². The monoisotopic (exact) mass is 1380 g/mol. The van der Waals surface area contributed by atoms with E-state index < -0.39 is 86.8 Å². The Kier molecular flexibility index (Phi) is 62.7. The second-order valence-corrected chi connectivity index (χ2v) is 28.5. The zero-order valence-electron chi connectivity index (χ0n) is 62.5. The van der Waals surface area contributed by atoms with Crippen LogP contribution in [0.2, 0.25) is 0 Å². The van der Waals surface area contributed by atoms with Gasteiger partial charge in [0.2, 0.25) is 5.91 Å². The van der Waals surface area contributed by atoms with Gasteiger partial charge in [0, 0.05) is 6.42 Å². The van der Waals surface area contributed by atoms with Crippen molar-refractivity contribution in [1.29, 1.82) is 0 Å². The van der Waals surface area contributed by atoms with Crippen molar-refractivity contribution in [1.82, 2.24) is 5.32 Å². The Morgan fingerprint density at radius 3 is 1.12 bits per heavy atom. The molecule has 0 radical (unpaired) electrons. The summed E-state index contributed by atoms with van der Waals surface area (Å²) < 4.78 is 22.9. The Bertz CT molecular complexity index is 1970. The molecule has 0 saturated carbocycles. The maximum absolute atomic E-state index is 13.4. The number of aliphatic hydroxyl groups is 8. The van der Waals surface area contributed by atoms with Crippen molar-refractivity contribution in [3.63, 3.8) is 0 Å². The number of carbonyl (C=O) groups is 1. The van der Waals surface area contributed by atoms with E-state index in [1.54, 1.807) is 6.08 Å². The predicted molar refractivity (Wildman–Crippen MR) is 406 cm³/mol. The zero-order valence-corrected chi connectivity index (χ0v) is 62.5. The number of hydrogen-bond donors (Lipinski definition) is 9. The molecule has 14 heteroatoms. The molecule has 0 bridgehead atoms. The van der Waals surface area contributed by atoms with Gasteiger partial charge in [-0.05, 0) is 83.5 Å². The first-order chi connectivity index (χ1) is 48.1. The molecule has 2 fully saturated rings. The molecule has 2 saturated heterocycles. The molecule has 9 N–H and O–H groups in total. The van der Waals surface area contributed by atoms with Crippen molar-refractivity contribution in [2.75, 3.05) is 19.8 Å². The fourth-order valence-corrected chi connectivity index (χ4v) is 13.1. The molecule has 14 nitrogen and oxygen atoms in total. The van der Waals surface area contributed by atoms with Crippen molar-refractivity contribution < 1.29 is 64.6 Å². The largest absolute Gasteiger partial charge is 0.394 e. The average molecular weight is 1380 g/mol. The molecular formula is C84H151NO13. The first-order valence-corrected chi connectivity index (χ1v) is 40.8. The van der Waals surface area contributed by atoms with Crippen LogP contribution in [0.5, 0.6) is 0 Å². The number of hydrogen-bond acceptors (Lipinski definition) is 13. The highest BCUT2D eigenvalue weighted by Crippen LogP contribution is 2.30. The zero-order chi connectivity index (χ0) is 70.8. The summed E-state index contributed by atoms with van der Waals surface area (Å²) >= 11 is 0. The fraction of sp³-hybridized carbons (Fsp3) is 0.821. The second kappa shape index (κ2) is 67.4. The van der Waals surface area contributed by atoms with Crippen molar-refractivity contribution in [2.24, 2.45) is 0 Å². The molecule has 12 unspecified atom stereocenters. The number of unbranched alkanes of at least 4 members (excludes halogenated alkanes) is 43. The lowest BCUT2D eigenvalue weighted by molar-refractivity contribution is -0.359. The average Bonchev–Trinajstić information content (AvgIpc) is 0.793. The fourth-order valence-electron chi connectivity index (χ4n) is 13.1. The minimum Gasteiger partial charge on any atom is -0.394 e. The minimum absolute atomic E-state index is 0.249. The van der Waals surface area contributed by atoms with E-state index >= 15 is 0 Å². The molecule has 570 valence electrons. The van der Waals surface area contributed by atoms with Crippen LogP contribution in [0.25, 0.3) is 0 Å². The maximum atomic E-state index is 13.4. The summed E-state index contributed by atoms with van der Waals surface area (Å²) in [5.74, 6) is -0.249. The smallest absolute Gasteiger partial charge is 0.220 e. The lowest BCUT2D eigenvalue weighted by Crippen LogP contribution is -2.65. The summed E-state index contributed by atoms with van der Waals surface area (Å²) in [6.07, 6.45) is 78.2. The van der Waals surface area contributed by atoms with Crippen LogP contribution < -0.4 is 5.32 Å². The Hall–Kier alpha value is -2.83. The maximum Gasteiger partial charge on any atom is 0.220 e. The summed E-state index contributed by atoms with van der Waals surface area (Å²) in [6.45, 7) is 2.71. The van der Waals surface area contributed by atoms with Gasteiger partial charge in [-0.1, -0.05) is 343 Å². The summed E-state index contributed by atoms with van der Waals surface area (Å²) in [5.41, 5.74) is 0. The summed E-state index contributed by atoms with van der Waals surface area (Å²) in [7, 11) is 0. The third kappa shape index (κ3) is 49.7. The quantitative estimate of drug-likeness (QED) is 0.0204. The molecule has 2 aliphatic heterocycles. The Balaban J connectivity index is 1.63. The van der Waals surface area contributed by atoms with E-state index in [9.17, 15) is 45.6 Å². The van der Waals surface area contributed by atoms with E-state index in [-0.39, 0.29) is 18.9 Å². The van der Waals surface area contributed by atoms with Crippen molar-refractivity contribution in [2.45, 2.75) is 421 Å². The third-order valence-electron chi connectivity index (χ3n) is 19.5. The number of ether oxygens (including phenoxy) is 4. The molecular weight excluding hydrogens is 1230 g/mol. The second-order valence-electron chi connectivity index (χ2n) is 28.5. The first-order valence-electron chi connectivity index (χ1n) is 40.8. The van der Waals surface area contributed by atoms with E-state index in [0.29, 0.717) is 12.8 Å².